The molecular formula is C8H6N2O2. The smallest absolute Gasteiger partial charge is 0.231 e. The van der Waals surface area contributed by atoms with Crippen LogP contribution in [0.15, 0.2) is 40.1 Å². The summed E-state index contributed by atoms with van der Waals surface area (Å²) in [6.45, 7) is 0. The summed E-state index contributed by atoms with van der Waals surface area (Å²) in [7, 11) is 0. The van der Waals surface area contributed by atoms with E-state index in [2.05, 4.69) is 9.97 Å². The molecule has 0 saturated heterocycles. The van der Waals surface area contributed by atoms with E-state index in [4.69, 9.17) is 4.42 Å². The van der Waals surface area contributed by atoms with E-state index in [-0.39, 0.29) is 5.43 Å². The first kappa shape index (κ1) is 6.84. The van der Waals surface area contributed by atoms with Crippen molar-refractivity contribution in [2.45, 2.75) is 0 Å². The van der Waals surface area contributed by atoms with Crippen LogP contribution in [0.4, 0.5) is 0 Å². The van der Waals surface area contributed by atoms with Gasteiger partial charge in [0.1, 0.15) is 11.8 Å². The van der Waals surface area contributed by atoms with Gasteiger partial charge in [-0.05, 0) is 0 Å². The fourth-order valence-electron chi connectivity index (χ4n) is 0.940. The van der Waals surface area contributed by atoms with Gasteiger partial charge < -0.3 is 9.40 Å². The number of aromatic amines is 1. The van der Waals surface area contributed by atoms with Crippen LogP contribution in [0.2, 0.25) is 0 Å². The van der Waals surface area contributed by atoms with Crippen LogP contribution in [-0.4, -0.2) is 9.97 Å². The molecule has 12 heavy (non-hydrogen) atoms. The van der Waals surface area contributed by atoms with Crippen molar-refractivity contribution in [3.8, 4) is 11.5 Å². The Bertz CT molecular complexity index is 417. The summed E-state index contributed by atoms with van der Waals surface area (Å²) in [6, 6.07) is 1.43. The molecular weight excluding hydrogens is 156 g/mol. The Balaban J connectivity index is 2.63. The number of hydrogen-bond donors (Lipinski definition) is 1. The number of H-pyrrole nitrogens is 1. The zero-order chi connectivity index (χ0) is 8.39. The molecule has 60 valence electrons. The van der Waals surface area contributed by atoms with Crippen molar-refractivity contribution in [1.82, 2.24) is 9.97 Å². The van der Waals surface area contributed by atoms with Gasteiger partial charge in [0.2, 0.25) is 5.89 Å². The van der Waals surface area contributed by atoms with Gasteiger partial charge in [0.25, 0.3) is 0 Å². The molecule has 0 saturated carbocycles. The molecule has 4 heteroatoms. The number of pyridine rings is 1. The summed E-state index contributed by atoms with van der Waals surface area (Å²) in [5.74, 6) is 0.344. The number of hydrogen-bond acceptors (Lipinski definition) is 3. The van der Waals surface area contributed by atoms with Crippen molar-refractivity contribution in [1.29, 1.82) is 0 Å². The maximum atomic E-state index is 11.2. The van der Waals surface area contributed by atoms with Crippen molar-refractivity contribution in [3.05, 3.63) is 41.1 Å². The van der Waals surface area contributed by atoms with E-state index in [0.717, 1.165) is 0 Å². The van der Waals surface area contributed by atoms with E-state index in [1.807, 2.05) is 0 Å². The molecule has 0 aliphatic carbocycles. The summed E-state index contributed by atoms with van der Waals surface area (Å²) in [6.07, 6.45) is 6.06. The summed E-state index contributed by atoms with van der Waals surface area (Å²) in [5, 5.41) is 0. The summed E-state index contributed by atoms with van der Waals surface area (Å²) < 4.78 is 4.97. The lowest BCUT2D eigenvalue weighted by Gasteiger charge is -1.90. The first-order valence-corrected chi connectivity index (χ1v) is 3.45. The zero-order valence-electron chi connectivity index (χ0n) is 6.15. The van der Waals surface area contributed by atoms with E-state index in [1.54, 1.807) is 12.4 Å². The Morgan fingerprint density at radius 2 is 2.42 bits per heavy atom. The number of rotatable bonds is 1. The van der Waals surface area contributed by atoms with E-state index in [9.17, 15) is 4.79 Å². The molecule has 0 bridgehead atoms. The van der Waals surface area contributed by atoms with Crippen LogP contribution >= 0.6 is 0 Å². The zero-order valence-corrected chi connectivity index (χ0v) is 6.15. The van der Waals surface area contributed by atoms with Crippen LogP contribution in [0.5, 0.6) is 0 Å². The third-order valence-corrected chi connectivity index (χ3v) is 1.49. The SMILES string of the molecule is O=c1cc[nH]cc1-c1ncco1. The number of oxazole rings is 1. The Morgan fingerprint density at radius 3 is 3.08 bits per heavy atom. The molecule has 1 N–H and O–H groups in total. The van der Waals surface area contributed by atoms with Crippen molar-refractivity contribution < 1.29 is 4.42 Å². The van der Waals surface area contributed by atoms with Crippen LogP contribution in [0.3, 0.4) is 0 Å². The Hall–Kier alpha value is -1.84. The van der Waals surface area contributed by atoms with Gasteiger partial charge in [-0.25, -0.2) is 4.98 Å². The van der Waals surface area contributed by atoms with Gasteiger partial charge in [-0.3, -0.25) is 4.79 Å². The highest BCUT2D eigenvalue weighted by Gasteiger charge is 2.04. The summed E-state index contributed by atoms with van der Waals surface area (Å²) >= 11 is 0. The molecule has 2 rings (SSSR count). The summed E-state index contributed by atoms with van der Waals surface area (Å²) in [5.41, 5.74) is 0.346. The lowest BCUT2D eigenvalue weighted by molar-refractivity contribution is 0.573. The average molecular weight is 162 g/mol. The molecule has 0 unspecified atom stereocenters. The molecule has 0 aliphatic heterocycles. The summed E-state index contributed by atoms with van der Waals surface area (Å²) in [4.78, 5) is 17.8. The van der Waals surface area contributed by atoms with Gasteiger partial charge in [0.05, 0.1) is 6.20 Å². The standard InChI is InChI=1S/C8H6N2O2/c11-7-1-2-9-5-6(7)8-10-3-4-12-8/h1-5H,(H,9,11). The number of nitrogens with zero attached hydrogens (tertiary/aromatic N) is 1. The molecule has 0 aromatic carbocycles. The first-order valence-electron chi connectivity index (χ1n) is 3.45. The Kier molecular flexibility index (Phi) is 1.51. The highest BCUT2D eigenvalue weighted by Crippen LogP contribution is 2.09. The fourth-order valence-corrected chi connectivity index (χ4v) is 0.940. The lowest BCUT2D eigenvalue weighted by atomic mass is 10.3. The van der Waals surface area contributed by atoms with Crippen LogP contribution in [-0.2, 0) is 0 Å². The molecule has 0 fully saturated rings. The van der Waals surface area contributed by atoms with Crippen molar-refractivity contribution in [3.63, 3.8) is 0 Å². The quantitative estimate of drug-likeness (QED) is 0.681. The topological polar surface area (TPSA) is 58.9 Å². The highest BCUT2D eigenvalue weighted by atomic mass is 16.3. The fraction of sp³-hybridized carbons (Fsp3) is 0. The van der Waals surface area contributed by atoms with Gasteiger partial charge in [-0.15, -0.1) is 0 Å². The number of aromatic nitrogens is 2. The lowest BCUT2D eigenvalue weighted by Crippen LogP contribution is -2.02. The van der Waals surface area contributed by atoms with E-state index in [1.165, 1.54) is 18.5 Å². The van der Waals surface area contributed by atoms with Crippen molar-refractivity contribution in [2.24, 2.45) is 0 Å². The first-order chi connectivity index (χ1) is 5.88. The normalized spacial score (nSPS) is 10.0. The molecule has 0 radical (unpaired) electrons. The van der Waals surface area contributed by atoms with Crippen LogP contribution in [0.25, 0.3) is 11.5 Å². The Morgan fingerprint density at radius 1 is 1.50 bits per heavy atom. The highest BCUT2D eigenvalue weighted by molar-refractivity contribution is 5.50. The predicted octanol–water partition coefficient (Wildman–Crippen LogP) is 1.03. The third kappa shape index (κ3) is 1.03. The molecule has 0 spiro atoms. The van der Waals surface area contributed by atoms with E-state index >= 15 is 0 Å². The van der Waals surface area contributed by atoms with Gasteiger partial charge >= 0.3 is 0 Å². The predicted molar refractivity (Wildman–Crippen MR) is 42.6 cm³/mol. The Labute approximate surface area is 67.9 Å². The molecule has 2 aromatic rings. The molecule has 2 heterocycles. The van der Waals surface area contributed by atoms with Crippen LogP contribution in [0, 0.1) is 0 Å². The monoisotopic (exact) mass is 162 g/mol. The minimum atomic E-state index is -0.101. The van der Waals surface area contributed by atoms with Gasteiger partial charge in [0.15, 0.2) is 5.43 Å². The number of nitrogens with one attached hydrogen (secondary N) is 1. The van der Waals surface area contributed by atoms with Gasteiger partial charge in [-0.1, -0.05) is 0 Å². The van der Waals surface area contributed by atoms with Crippen LogP contribution in [0.1, 0.15) is 0 Å². The maximum Gasteiger partial charge on any atom is 0.231 e. The second kappa shape index (κ2) is 2.65. The second-order valence-corrected chi connectivity index (χ2v) is 2.26. The average Bonchev–Trinajstić information content (AvgIpc) is 2.57. The van der Waals surface area contributed by atoms with Crippen molar-refractivity contribution in [2.75, 3.05) is 0 Å². The minimum absolute atomic E-state index is 0.101. The molecule has 2 aromatic heterocycles. The molecule has 0 amide bonds. The van der Waals surface area contributed by atoms with Crippen LogP contribution < -0.4 is 5.43 Å². The second-order valence-electron chi connectivity index (χ2n) is 2.26. The maximum absolute atomic E-state index is 11.2. The molecule has 4 nitrogen and oxygen atoms in total. The molecule has 0 aliphatic rings. The van der Waals surface area contributed by atoms with Gasteiger partial charge in [0, 0.05) is 18.5 Å². The minimum Gasteiger partial charge on any atom is -0.444 e. The van der Waals surface area contributed by atoms with Crippen molar-refractivity contribution >= 4 is 0 Å². The van der Waals surface area contributed by atoms with E-state index in [0.29, 0.717) is 11.5 Å². The molecule has 0 atom stereocenters. The third-order valence-electron chi connectivity index (χ3n) is 1.49. The largest absolute Gasteiger partial charge is 0.444 e. The van der Waals surface area contributed by atoms with E-state index < -0.39 is 0 Å². The van der Waals surface area contributed by atoms with Gasteiger partial charge in [-0.2, -0.15) is 0 Å².